The lowest BCUT2D eigenvalue weighted by Crippen LogP contribution is -2.54. The third-order valence-electron chi connectivity index (χ3n) is 3.69. The molecule has 1 aliphatic heterocycles. The summed E-state index contributed by atoms with van der Waals surface area (Å²) in [5, 5.41) is 18.6. The lowest BCUT2D eigenvalue weighted by molar-refractivity contribution is -0.148. The summed E-state index contributed by atoms with van der Waals surface area (Å²) in [7, 11) is 0. The molecule has 1 aliphatic rings. The van der Waals surface area contributed by atoms with Gasteiger partial charge in [-0.3, -0.25) is 4.90 Å². The Hall–Kier alpha value is -0.940. The van der Waals surface area contributed by atoms with E-state index in [9.17, 15) is 5.11 Å². The zero-order chi connectivity index (χ0) is 13.6. The second-order valence-electron chi connectivity index (χ2n) is 5.39. The maximum absolute atomic E-state index is 9.47. The fourth-order valence-electron chi connectivity index (χ4n) is 2.44. The normalized spacial score (nSPS) is 17.4. The maximum atomic E-state index is 9.47. The van der Waals surface area contributed by atoms with Crippen molar-refractivity contribution >= 4 is 0 Å². The van der Waals surface area contributed by atoms with Crippen LogP contribution in [0.2, 0.25) is 0 Å². The highest BCUT2D eigenvalue weighted by atomic mass is 16.5. The van der Waals surface area contributed by atoms with Crippen LogP contribution in [-0.2, 0) is 11.2 Å². The average molecular weight is 265 g/mol. The van der Waals surface area contributed by atoms with Crippen LogP contribution in [0.4, 0.5) is 0 Å². The molecule has 0 bridgehead atoms. The molecule has 4 nitrogen and oxygen atoms in total. The molecule has 0 aliphatic carbocycles. The van der Waals surface area contributed by atoms with Crippen molar-refractivity contribution < 1.29 is 14.9 Å². The minimum atomic E-state index is -0.119. The highest BCUT2D eigenvalue weighted by molar-refractivity contribution is 5.14. The molecule has 1 aromatic carbocycles. The molecule has 4 heteroatoms. The third-order valence-corrected chi connectivity index (χ3v) is 3.69. The molecule has 19 heavy (non-hydrogen) atoms. The zero-order valence-corrected chi connectivity index (χ0v) is 11.3. The summed E-state index contributed by atoms with van der Waals surface area (Å²) >= 11 is 0. The Bertz CT molecular complexity index is 359. The molecule has 2 N–H and O–H groups in total. The van der Waals surface area contributed by atoms with Gasteiger partial charge in [-0.1, -0.05) is 30.3 Å². The van der Waals surface area contributed by atoms with E-state index in [2.05, 4.69) is 17.0 Å². The summed E-state index contributed by atoms with van der Waals surface area (Å²) in [5.74, 6) is 0. The first-order valence-corrected chi connectivity index (χ1v) is 6.84. The Balaban J connectivity index is 1.85. The Morgan fingerprint density at radius 2 is 1.84 bits per heavy atom. The van der Waals surface area contributed by atoms with Crippen LogP contribution in [0.3, 0.4) is 0 Å². The van der Waals surface area contributed by atoms with Gasteiger partial charge in [0.1, 0.15) is 0 Å². The Labute approximate surface area is 114 Å². The van der Waals surface area contributed by atoms with Gasteiger partial charge in [-0.25, -0.2) is 0 Å². The van der Waals surface area contributed by atoms with Crippen LogP contribution < -0.4 is 0 Å². The van der Waals surface area contributed by atoms with E-state index < -0.39 is 0 Å². The molecule has 2 rings (SSSR count). The molecule has 0 saturated carbocycles. The molecule has 1 heterocycles. The van der Waals surface area contributed by atoms with Gasteiger partial charge in [0.05, 0.1) is 31.8 Å². The van der Waals surface area contributed by atoms with E-state index in [1.165, 1.54) is 5.56 Å². The van der Waals surface area contributed by atoms with E-state index in [-0.39, 0.29) is 18.6 Å². The van der Waals surface area contributed by atoms with E-state index in [0.717, 1.165) is 19.5 Å². The van der Waals surface area contributed by atoms with Crippen molar-refractivity contribution in [2.75, 3.05) is 46.1 Å². The number of aliphatic hydroxyl groups excluding tert-OH is 2. The van der Waals surface area contributed by atoms with Gasteiger partial charge in [-0.2, -0.15) is 0 Å². The Morgan fingerprint density at radius 1 is 1.11 bits per heavy atom. The van der Waals surface area contributed by atoms with Crippen molar-refractivity contribution in [3.05, 3.63) is 35.9 Å². The van der Waals surface area contributed by atoms with Gasteiger partial charge in [0.25, 0.3) is 0 Å². The van der Waals surface area contributed by atoms with Crippen LogP contribution >= 0.6 is 0 Å². The monoisotopic (exact) mass is 265 g/mol. The number of rotatable bonds is 8. The average Bonchev–Trinajstić information content (AvgIpc) is 2.41. The smallest absolute Gasteiger partial charge is 0.0579 e. The van der Waals surface area contributed by atoms with Gasteiger partial charge in [0.15, 0.2) is 0 Å². The van der Waals surface area contributed by atoms with Crippen molar-refractivity contribution in [2.45, 2.75) is 6.42 Å². The van der Waals surface area contributed by atoms with E-state index in [0.29, 0.717) is 19.8 Å². The second-order valence-corrected chi connectivity index (χ2v) is 5.39. The predicted octanol–water partition coefficient (Wildman–Crippen LogP) is 0.532. The molecule has 0 spiro atoms. The van der Waals surface area contributed by atoms with Crippen LogP contribution in [0.1, 0.15) is 5.56 Å². The summed E-state index contributed by atoms with van der Waals surface area (Å²) in [5.41, 5.74) is 1.18. The summed E-state index contributed by atoms with van der Waals surface area (Å²) in [6.45, 7) is 3.88. The lowest BCUT2D eigenvalue weighted by Gasteiger charge is -2.43. The van der Waals surface area contributed by atoms with Gasteiger partial charge in [0.2, 0.25) is 0 Å². The first kappa shape index (κ1) is 14.5. The summed E-state index contributed by atoms with van der Waals surface area (Å²) in [6.07, 6.45) is 0.962. The van der Waals surface area contributed by atoms with Crippen molar-refractivity contribution in [2.24, 2.45) is 5.41 Å². The zero-order valence-electron chi connectivity index (χ0n) is 11.3. The molecule has 1 fully saturated rings. The van der Waals surface area contributed by atoms with Crippen molar-refractivity contribution in [3.8, 4) is 0 Å². The van der Waals surface area contributed by atoms with E-state index >= 15 is 0 Å². The van der Waals surface area contributed by atoms with E-state index in [1.54, 1.807) is 0 Å². The summed E-state index contributed by atoms with van der Waals surface area (Å²) < 4.78 is 5.22. The van der Waals surface area contributed by atoms with Crippen LogP contribution in [0.5, 0.6) is 0 Å². The molecular weight excluding hydrogens is 242 g/mol. The van der Waals surface area contributed by atoms with E-state index in [1.807, 2.05) is 18.2 Å². The summed E-state index contributed by atoms with van der Waals surface area (Å²) in [4.78, 5) is 2.21. The first-order valence-electron chi connectivity index (χ1n) is 6.84. The largest absolute Gasteiger partial charge is 0.396 e. The molecule has 0 radical (unpaired) electrons. The SMILES string of the molecule is OCCN(CCc1ccccc1)CC1(CO)COC1. The van der Waals surface area contributed by atoms with Crippen LogP contribution in [0.15, 0.2) is 30.3 Å². The van der Waals surface area contributed by atoms with Gasteiger partial charge in [0, 0.05) is 19.6 Å². The number of hydrogen-bond donors (Lipinski definition) is 2. The fourth-order valence-corrected chi connectivity index (χ4v) is 2.44. The first-order chi connectivity index (χ1) is 9.28. The van der Waals surface area contributed by atoms with Crippen molar-refractivity contribution in [1.29, 1.82) is 0 Å². The van der Waals surface area contributed by atoms with Crippen LogP contribution in [0.25, 0.3) is 0 Å². The molecule has 0 unspecified atom stereocenters. The predicted molar refractivity (Wildman–Crippen MR) is 74.0 cm³/mol. The van der Waals surface area contributed by atoms with Crippen LogP contribution in [-0.4, -0.2) is 61.2 Å². The highest BCUT2D eigenvalue weighted by Gasteiger charge is 2.39. The minimum Gasteiger partial charge on any atom is -0.396 e. The minimum absolute atomic E-state index is 0.119. The maximum Gasteiger partial charge on any atom is 0.0579 e. The van der Waals surface area contributed by atoms with Gasteiger partial charge >= 0.3 is 0 Å². The third kappa shape index (κ3) is 4.01. The number of nitrogens with zero attached hydrogens (tertiary/aromatic N) is 1. The number of benzene rings is 1. The quantitative estimate of drug-likeness (QED) is 0.720. The van der Waals surface area contributed by atoms with Crippen molar-refractivity contribution in [1.82, 2.24) is 4.90 Å². The number of aliphatic hydroxyl groups is 2. The second kappa shape index (κ2) is 7.01. The van der Waals surface area contributed by atoms with Gasteiger partial charge in [-0.15, -0.1) is 0 Å². The molecule has 0 atom stereocenters. The van der Waals surface area contributed by atoms with Crippen LogP contribution in [0, 0.1) is 5.41 Å². The molecule has 106 valence electrons. The fraction of sp³-hybridized carbons (Fsp3) is 0.600. The molecule has 1 saturated heterocycles. The molecular formula is C15H23NO3. The number of hydrogen-bond acceptors (Lipinski definition) is 4. The molecule has 0 aromatic heterocycles. The highest BCUT2D eigenvalue weighted by Crippen LogP contribution is 2.27. The number of ether oxygens (including phenoxy) is 1. The molecule has 0 amide bonds. The Kier molecular flexibility index (Phi) is 5.34. The van der Waals surface area contributed by atoms with E-state index in [4.69, 9.17) is 9.84 Å². The summed E-state index contributed by atoms with van der Waals surface area (Å²) in [6, 6.07) is 10.3. The standard InChI is InChI=1S/C15H23NO3/c17-9-8-16(10-15(11-18)12-19-13-15)7-6-14-4-2-1-3-5-14/h1-5,17-18H,6-13H2. The topological polar surface area (TPSA) is 52.9 Å². The van der Waals surface area contributed by atoms with Gasteiger partial charge < -0.3 is 14.9 Å². The van der Waals surface area contributed by atoms with Gasteiger partial charge in [-0.05, 0) is 12.0 Å². The molecule has 1 aromatic rings. The Morgan fingerprint density at radius 3 is 2.37 bits per heavy atom. The lowest BCUT2D eigenvalue weighted by atomic mass is 9.86. The van der Waals surface area contributed by atoms with Crippen molar-refractivity contribution in [3.63, 3.8) is 0 Å².